The predicted octanol–water partition coefficient (Wildman–Crippen LogP) is 5.22. The summed E-state index contributed by atoms with van der Waals surface area (Å²) in [5.74, 6) is -1.34. The van der Waals surface area contributed by atoms with Crippen LogP contribution in [0.1, 0.15) is 53.5 Å². The fraction of sp³-hybridized carbons (Fsp3) is 0.235. The Kier molecular flexibility index (Phi) is 10.1. The highest BCUT2D eigenvalue weighted by Crippen LogP contribution is 2.26. The Morgan fingerprint density at radius 2 is 1.60 bits per heavy atom. The van der Waals surface area contributed by atoms with E-state index in [1.807, 2.05) is 30.3 Å². The van der Waals surface area contributed by atoms with Crippen LogP contribution in [0.5, 0.6) is 11.5 Å². The molecule has 43 heavy (non-hydrogen) atoms. The van der Waals surface area contributed by atoms with Gasteiger partial charge in [0, 0.05) is 5.56 Å². The van der Waals surface area contributed by atoms with Crippen LogP contribution in [0.2, 0.25) is 0 Å². The lowest BCUT2D eigenvalue weighted by Crippen LogP contribution is -2.47. The monoisotopic (exact) mass is 581 g/mol. The molecule has 0 aliphatic rings. The van der Waals surface area contributed by atoms with Gasteiger partial charge in [0.05, 0.1) is 17.3 Å². The van der Waals surface area contributed by atoms with E-state index in [9.17, 15) is 24.3 Å². The van der Waals surface area contributed by atoms with E-state index >= 15 is 0 Å². The van der Waals surface area contributed by atoms with Crippen molar-refractivity contribution in [2.75, 3.05) is 5.32 Å². The van der Waals surface area contributed by atoms with E-state index in [1.54, 1.807) is 63.2 Å². The number of phenolic OH excluding ortho intramolecular Hbond substituents is 1. The summed E-state index contributed by atoms with van der Waals surface area (Å²) in [7, 11) is 0. The first kappa shape index (κ1) is 30.8. The first-order valence-electron chi connectivity index (χ1n) is 14.1. The first-order valence-corrected chi connectivity index (χ1v) is 14.1. The van der Waals surface area contributed by atoms with Gasteiger partial charge in [-0.1, -0.05) is 63.2 Å². The van der Waals surface area contributed by atoms with Crippen molar-refractivity contribution < 1.29 is 29.0 Å². The minimum absolute atomic E-state index is 0.0826. The molecule has 4 N–H and O–H groups in total. The zero-order chi connectivity index (χ0) is 30.9. The number of rotatable bonds is 12. The number of hydrogen-bond donors (Lipinski definition) is 4. The number of carbonyl (C=O) groups is 4. The summed E-state index contributed by atoms with van der Waals surface area (Å²) in [6.45, 7) is 5.65. The molecule has 2 atom stereocenters. The summed E-state index contributed by atoms with van der Waals surface area (Å²) >= 11 is 0. The molecule has 4 aromatic rings. The molecule has 0 fully saturated rings. The van der Waals surface area contributed by atoms with Crippen molar-refractivity contribution in [2.24, 2.45) is 5.92 Å². The molecule has 0 heterocycles. The minimum Gasteiger partial charge on any atom is -0.508 e. The smallest absolute Gasteiger partial charge is 0.254 e. The van der Waals surface area contributed by atoms with Crippen LogP contribution in [0.15, 0.2) is 84.9 Å². The normalized spacial score (nSPS) is 12.3. The Morgan fingerprint density at radius 1 is 0.860 bits per heavy atom. The summed E-state index contributed by atoms with van der Waals surface area (Å²) < 4.78 is 5.90. The lowest BCUT2D eigenvalue weighted by Gasteiger charge is -2.23. The van der Waals surface area contributed by atoms with Gasteiger partial charge in [0.2, 0.25) is 5.91 Å². The van der Waals surface area contributed by atoms with Crippen LogP contribution in [0, 0.1) is 5.92 Å². The van der Waals surface area contributed by atoms with Crippen molar-refractivity contribution in [2.45, 2.75) is 45.9 Å². The van der Waals surface area contributed by atoms with Gasteiger partial charge in [-0.25, -0.2) is 0 Å². The number of aldehydes is 1. The average molecular weight is 582 g/mol. The largest absolute Gasteiger partial charge is 0.508 e. The molecule has 4 aromatic carbocycles. The van der Waals surface area contributed by atoms with Crippen molar-refractivity contribution in [1.82, 2.24) is 10.6 Å². The first-order chi connectivity index (χ1) is 20.7. The van der Waals surface area contributed by atoms with Crippen molar-refractivity contribution >= 4 is 40.5 Å². The summed E-state index contributed by atoms with van der Waals surface area (Å²) in [6, 6.07) is 22.5. The third kappa shape index (κ3) is 7.77. The molecule has 0 aromatic heterocycles. The molecule has 0 spiro atoms. The molecule has 0 saturated carbocycles. The lowest BCUT2D eigenvalue weighted by atomic mass is 10.00. The Labute approximate surface area is 250 Å². The second kappa shape index (κ2) is 14.1. The van der Waals surface area contributed by atoms with Gasteiger partial charge in [0.15, 0.2) is 0 Å². The SMILES string of the molecule is CCC(C=O)NC(=O)c1cc(OCc2ccccc2)ccc1NC(=O)C(NC(=O)c1cccc2cc(O)ccc12)C(C)C. The van der Waals surface area contributed by atoms with Gasteiger partial charge in [0.1, 0.15) is 30.4 Å². The Bertz CT molecular complexity index is 1620. The molecule has 0 aliphatic carbocycles. The molecule has 222 valence electrons. The predicted molar refractivity (Wildman–Crippen MR) is 165 cm³/mol. The van der Waals surface area contributed by atoms with Crippen LogP contribution >= 0.6 is 0 Å². The maximum Gasteiger partial charge on any atom is 0.254 e. The van der Waals surface area contributed by atoms with Crippen molar-refractivity contribution in [3.63, 3.8) is 0 Å². The molecule has 9 heteroatoms. The van der Waals surface area contributed by atoms with Gasteiger partial charge < -0.3 is 30.6 Å². The van der Waals surface area contributed by atoms with Gasteiger partial charge in [-0.3, -0.25) is 14.4 Å². The molecular weight excluding hydrogens is 546 g/mol. The molecule has 0 radical (unpaired) electrons. The van der Waals surface area contributed by atoms with Gasteiger partial charge in [-0.05, 0) is 71.1 Å². The highest BCUT2D eigenvalue weighted by Gasteiger charge is 2.27. The topological polar surface area (TPSA) is 134 Å². The summed E-state index contributed by atoms with van der Waals surface area (Å²) in [4.78, 5) is 51.6. The van der Waals surface area contributed by atoms with E-state index in [1.165, 1.54) is 12.1 Å². The van der Waals surface area contributed by atoms with Crippen molar-refractivity contribution in [3.8, 4) is 11.5 Å². The lowest BCUT2D eigenvalue weighted by molar-refractivity contribution is -0.119. The van der Waals surface area contributed by atoms with Crippen molar-refractivity contribution in [1.29, 1.82) is 0 Å². The second-order valence-electron chi connectivity index (χ2n) is 10.5. The Hall–Kier alpha value is -5.18. The van der Waals surface area contributed by atoms with Crippen LogP contribution in [-0.4, -0.2) is 41.2 Å². The van der Waals surface area contributed by atoms with Crippen LogP contribution in [-0.2, 0) is 16.2 Å². The molecule has 0 saturated heterocycles. The Balaban J connectivity index is 1.58. The molecular formula is C34H35N3O6. The number of ether oxygens (including phenoxy) is 1. The van der Waals surface area contributed by atoms with Gasteiger partial charge >= 0.3 is 0 Å². The second-order valence-corrected chi connectivity index (χ2v) is 10.5. The van der Waals surface area contributed by atoms with Crippen LogP contribution < -0.4 is 20.7 Å². The number of carbonyl (C=O) groups excluding carboxylic acids is 4. The molecule has 3 amide bonds. The van der Waals surface area contributed by atoms with E-state index in [-0.39, 0.29) is 29.5 Å². The summed E-state index contributed by atoms with van der Waals surface area (Å²) in [6.07, 6.45) is 1.06. The number of fused-ring (bicyclic) bond motifs is 1. The number of nitrogens with one attached hydrogen (secondary N) is 3. The molecule has 4 rings (SSSR count). The zero-order valence-electron chi connectivity index (χ0n) is 24.3. The number of amides is 3. The third-order valence-electron chi connectivity index (χ3n) is 7.01. The van der Waals surface area contributed by atoms with E-state index < -0.39 is 29.8 Å². The molecule has 0 bridgehead atoms. The number of hydrogen-bond acceptors (Lipinski definition) is 6. The van der Waals surface area contributed by atoms with E-state index in [0.717, 1.165) is 5.56 Å². The summed E-state index contributed by atoms with van der Waals surface area (Å²) in [5, 5.41) is 19.4. The molecule has 2 unspecified atom stereocenters. The van der Waals surface area contributed by atoms with E-state index in [2.05, 4.69) is 16.0 Å². The van der Waals surface area contributed by atoms with Crippen LogP contribution in [0.4, 0.5) is 5.69 Å². The summed E-state index contributed by atoms with van der Waals surface area (Å²) in [5.41, 5.74) is 1.62. The quantitative estimate of drug-likeness (QED) is 0.170. The number of anilines is 1. The molecule has 0 aliphatic heterocycles. The average Bonchev–Trinajstić information content (AvgIpc) is 3.01. The maximum absolute atomic E-state index is 13.6. The third-order valence-corrected chi connectivity index (χ3v) is 7.01. The van der Waals surface area contributed by atoms with Crippen LogP contribution in [0.3, 0.4) is 0 Å². The number of phenols is 1. The van der Waals surface area contributed by atoms with Crippen molar-refractivity contribution in [3.05, 3.63) is 102 Å². The maximum atomic E-state index is 13.6. The minimum atomic E-state index is -0.942. The highest BCUT2D eigenvalue weighted by molar-refractivity contribution is 6.10. The van der Waals surface area contributed by atoms with Gasteiger partial charge in [-0.15, -0.1) is 0 Å². The van der Waals surface area contributed by atoms with Gasteiger partial charge in [0.25, 0.3) is 11.8 Å². The van der Waals surface area contributed by atoms with E-state index in [0.29, 0.717) is 34.8 Å². The van der Waals surface area contributed by atoms with Gasteiger partial charge in [-0.2, -0.15) is 0 Å². The standard InChI is InChI=1S/C34H35N3O6/c1-4-24(19-38)35-33(41)29-18-26(43-20-22-9-6-5-7-10-22)14-16-30(29)36-34(42)31(21(2)3)37-32(40)28-12-8-11-23-17-25(39)13-15-27(23)28/h5-19,21,24,31,39H,4,20H2,1-3H3,(H,35,41)(H,36,42)(H,37,40). The van der Waals surface area contributed by atoms with E-state index in [4.69, 9.17) is 4.74 Å². The highest BCUT2D eigenvalue weighted by atomic mass is 16.5. The molecule has 9 nitrogen and oxygen atoms in total. The number of benzene rings is 4. The zero-order valence-corrected chi connectivity index (χ0v) is 24.3. The number of aromatic hydroxyl groups is 1. The van der Waals surface area contributed by atoms with Crippen LogP contribution in [0.25, 0.3) is 10.8 Å². The Morgan fingerprint density at radius 3 is 2.30 bits per heavy atom. The fourth-order valence-electron chi connectivity index (χ4n) is 4.56. The fourth-order valence-corrected chi connectivity index (χ4v) is 4.56.